The maximum Gasteiger partial charge on any atom is 0.270 e. The molecule has 1 saturated carbocycles. The third-order valence-corrected chi connectivity index (χ3v) is 6.24. The van der Waals surface area contributed by atoms with Gasteiger partial charge in [0.05, 0.1) is 18.8 Å². The first-order valence-electron chi connectivity index (χ1n) is 10.5. The fourth-order valence-electron chi connectivity index (χ4n) is 4.52. The molecule has 156 valence electrons. The number of halogens is 3. The summed E-state index contributed by atoms with van der Waals surface area (Å²) in [5, 5.41) is 0. The van der Waals surface area contributed by atoms with Crippen molar-refractivity contribution < 1.29 is 22.6 Å². The molecule has 1 aromatic carbocycles. The molecule has 0 radical (unpaired) electrons. The lowest BCUT2D eigenvalue weighted by Crippen LogP contribution is -2.25. The van der Waals surface area contributed by atoms with E-state index in [1.807, 2.05) is 0 Å². The molecule has 5 heteroatoms. The molecule has 2 aliphatic rings. The van der Waals surface area contributed by atoms with Crippen LogP contribution in [0.3, 0.4) is 0 Å². The highest BCUT2D eigenvalue weighted by Gasteiger charge is 2.29. The van der Waals surface area contributed by atoms with Crippen molar-refractivity contribution in [3.8, 4) is 11.5 Å². The fourth-order valence-corrected chi connectivity index (χ4v) is 4.52. The summed E-state index contributed by atoms with van der Waals surface area (Å²) in [6, 6.07) is 2.77. The van der Waals surface area contributed by atoms with E-state index in [2.05, 4.69) is 19.1 Å². The van der Waals surface area contributed by atoms with Crippen LogP contribution in [0.4, 0.5) is 13.2 Å². The Balaban J connectivity index is 1.55. The third-order valence-electron chi connectivity index (χ3n) is 6.24. The van der Waals surface area contributed by atoms with Crippen molar-refractivity contribution in [1.82, 2.24) is 0 Å². The predicted octanol–water partition coefficient (Wildman–Crippen LogP) is 6.95. The van der Waals surface area contributed by atoms with E-state index >= 15 is 0 Å². The van der Waals surface area contributed by atoms with Crippen LogP contribution in [0.15, 0.2) is 24.3 Å². The summed E-state index contributed by atoms with van der Waals surface area (Å²) in [6.07, 6.45) is 8.71. The predicted molar refractivity (Wildman–Crippen MR) is 104 cm³/mol. The molecular formula is C23H31F3O2. The average Bonchev–Trinajstić information content (AvgIpc) is 2.69. The zero-order chi connectivity index (χ0) is 20.1. The molecule has 1 fully saturated rings. The maximum atomic E-state index is 14.3. The zero-order valence-corrected chi connectivity index (χ0v) is 16.8. The second kappa shape index (κ2) is 9.71. The van der Waals surface area contributed by atoms with Crippen LogP contribution >= 0.6 is 0 Å². The summed E-state index contributed by atoms with van der Waals surface area (Å²) in [5.74, 6) is 1.20. The van der Waals surface area contributed by atoms with Crippen LogP contribution in [-0.2, 0) is 0 Å². The molecule has 0 heterocycles. The topological polar surface area (TPSA) is 18.5 Å². The number of hydrogen-bond donors (Lipinski definition) is 0. The molecule has 2 unspecified atom stereocenters. The van der Waals surface area contributed by atoms with Gasteiger partial charge >= 0.3 is 0 Å². The summed E-state index contributed by atoms with van der Waals surface area (Å²) in [4.78, 5) is 0. The van der Waals surface area contributed by atoms with Crippen molar-refractivity contribution in [3.05, 3.63) is 35.7 Å². The molecule has 2 atom stereocenters. The molecule has 0 aromatic heterocycles. The Hall–Kier alpha value is -1.65. The number of ether oxygens (including phenoxy) is 2. The van der Waals surface area contributed by atoms with Crippen LogP contribution in [0.1, 0.15) is 64.4 Å². The Morgan fingerprint density at radius 1 is 0.964 bits per heavy atom. The van der Waals surface area contributed by atoms with Gasteiger partial charge in [0.2, 0.25) is 0 Å². The van der Waals surface area contributed by atoms with Gasteiger partial charge in [-0.2, -0.15) is 0 Å². The first kappa shape index (κ1) is 21.1. The van der Waals surface area contributed by atoms with E-state index in [1.165, 1.54) is 25.0 Å². The summed E-state index contributed by atoms with van der Waals surface area (Å²) in [7, 11) is 0. The Kier molecular flexibility index (Phi) is 7.30. The highest BCUT2D eigenvalue weighted by atomic mass is 19.3. The van der Waals surface area contributed by atoms with Gasteiger partial charge in [0.15, 0.2) is 11.6 Å². The zero-order valence-electron chi connectivity index (χ0n) is 16.8. The second-order valence-corrected chi connectivity index (χ2v) is 8.22. The summed E-state index contributed by atoms with van der Waals surface area (Å²) in [5.41, 5.74) is -0.693. The molecule has 3 rings (SSSR count). The highest BCUT2D eigenvalue weighted by molar-refractivity contribution is 5.43. The second-order valence-electron chi connectivity index (χ2n) is 8.22. The molecule has 2 nitrogen and oxygen atoms in total. The summed E-state index contributed by atoms with van der Waals surface area (Å²) in [6.45, 7) is 4.53. The quantitative estimate of drug-likeness (QED) is 0.464. The SMILES string of the molecule is CCOc1ccc(OCC2CCC(C3C=CC(C)CC3)CC2)c(C(F)F)c1F. The van der Waals surface area contributed by atoms with Crippen LogP contribution in [0, 0.1) is 29.5 Å². The normalized spacial score (nSPS) is 27.8. The average molecular weight is 396 g/mol. The molecule has 28 heavy (non-hydrogen) atoms. The van der Waals surface area contributed by atoms with Crippen LogP contribution in [-0.4, -0.2) is 13.2 Å². The highest BCUT2D eigenvalue weighted by Crippen LogP contribution is 2.40. The lowest BCUT2D eigenvalue weighted by molar-refractivity contribution is 0.128. The van der Waals surface area contributed by atoms with Gasteiger partial charge in [-0.1, -0.05) is 19.1 Å². The van der Waals surface area contributed by atoms with E-state index in [-0.39, 0.29) is 18.1 Å². The van der Waals surface area contributed by atoms with Gasteiger partial charge in [-0.15, -0.1) is 0 Å². The Bertz CT molecular complexity index is 666. The van der Waals surface area contributed by atoms with E-state index in [0.29, 0.717) is 24.4 Å². The monoisotopic (exact) mass is 396 g/mol. The molecule has 0 N–H and O–H groups in total. The first-order chi connectivity index (χ1) is 13.5. The third kappa shape index (κ3) is 5.03. The van der Waals surface area contributed by atoms with E-state index in [4.69, 9.17) is 9.47 Å². The van der Waals surface area contributed by atoms with Crippen molar-refractivity contribution in [3.63, 3.8) is 0 Å². The van der Waals surface area contributed by atoms with Gasteiger partial charge in [0, 0.05) is 0 Å². The maximum absolute atomic E-state index is 14.3. The standard InChI is InChI=1S/C23H31F3O2/c1-3-27-20-13-12-19(21(22(20)24)23(25)26)28-14-16-6-10-18(11-7-16)17-8-4-15(2)5-9-17/h4,8,12-13,15-18,23H,3,5-7,9-11,14H2,1-2H3. The molecule has 0 saturated heterocycles. The van der Waals surface area contributed by atoms with Gasteiger partial charge in [-0.05, 0) is 81.3 Å². The van der Waals surface area contributed by atoms with E-state index in [1.54, 1.807) is 6.92 Å². The summed E-state index contributed by atoms with van der Waals surface area (Å²) < 4.78 is 51.8. The van der Waals surface area contributed by atoms with Gasteiger partial charge < -0.3 is 9.47 Å². The largest absolute Gasteiger partial charge is 0.493 e. The molecule has 0 aliphatic heterocycles. The van der Waals surface area contributed by atoms with Gasteiger partial charge in [0.1, 0.15) is 5.75 Å². The van der Waals surface area contributed by atoms with Crippen LogP contribution in [0.25, 0.3) is 0 Å². The van der Waals surface area contributed by atoms with Crippen molar-refractivity contribution in [2.24, 2.45) is 23.7 Å². The minimum Gasteiger partial charge on any atom is -0.493 e. The Labute approximate surface area is 166 Å². The first-order valence-corrected chi connectivity index (χ1v) is 10.5. The van der Waals surface area contributed by atoms with Crippen molar-refractivity contribution in [1.29, 1.82) is 0 Å². The van der Waals surface area contributed by atoms with E-state index in [0.717, 1.165) is 31.6 Å². The number of alkyl halides is 2. The van der Waals surface area contributed by atoms with Crippen molar-refractivity contribution in [2.45, 2.75) is 58.8 Å². The Morgan fingerprint density at radius 3 is 2.29 bits per heavy atom. The van der Waals surface area contributed by atoms with Crippen molar-refractivity contribution >= 4 is 0 Å². The number of benzene rings is 1. The molecule has 0 amide bonds. The molecular weight excluding hydrogens is 365 g/mol. The van der Waals surface area contributed by atoms with Crippen LogP contribution in [0.2, 0.25) is 0 Å². The minimum atomic E-state index is -2.94. The molecule has 0 bridgehead atoms. The van der Waals surface area contributed by atoms with E-state index in [9.17, 15) is 13.2 Å². The number of allylic oxidation sites excluding steroid dienone is 2. The Morgan fingerprint density at radius 2 is 1.68 bits per heavy atom. The lowest BCUT2D eigenvalue weighted by atomic mass is 9.72. The molecule has 1 aromatic rings. The lowest BCUT2D eigenvalue weighted by Gasteiger charge is -2.34. The molecule has 2 aliphatic carbocycles. The molecule has 0 spiro atoms. The van der Waals surface area contributed by atoms with Gasteiger partial charge in [0.25, 0.3) is 6.43 Å². The van der Waals surface area contributed by atoms with Gasteiger partial charge in [-0.25, -0.2) is 13.2 Å². The van der Waals surface area contributed by atoms with Crippen molar-refractivity contribution in [2.75, 3.05) is 13.2 Å². The smallest absolute Gasteiger partial charge is 0.270 e. The van der Waals surface area contributed by atoms with E-state index < -0.39 is 17.8 Å². The van der Waals surface area contributed by atoms with Crippen LogP contribution < -0.4 is 9.47 Å². The fraction of sp³-hybridized carbons (Fsp3) is 0.652. The minimum absolute atomic E-state index is 0.0673. The number of hydrogen-bond acceptors (Lipinski definition) is 2. The number of rotatable bonds is 7. The summed E-state index contributed by atoms with van der Waals surface area (Å²) >= 11 is 0. The van der Waals surface area contributed by atoms with Gasteiger partial charge in [-0.3, -0.25) is 0 Å². The van der Waals surface area contributed by atoms with Crippen LogP contribution in [0.5, 0.6) is 11.5 Å².